The van der Waals surface area contributed by atoms with E-state index in [2.05, 4.69) is 60.5 Å². The standard InChI is InChI=1S/C58H111NO7S/c1-9-15-21-27-30-36-41-49(40-33-24-18-12-4)55(60)63-48-52-53(65-56(61)50(42-34-25-19-13-5)44-37-31-28-22-16-10-2)54(58(64-52)67-47-39-46-59(7)8)66-57(62)51(43-35-26-20-14-6)45-38-32-29-23-17-11-3/h49-54,58H,9-48H2,1-8H3/t49?,50?,51?,52-,53-,54-,58?/m1/s1. The summed E-state index contributed by atoms with van der Waals surface area (Å²) in [6, 6.07) is 0. The average molecular weight is 967 g/mol. The molecule has 0 radical (unpaired) electrons. The Morgan fingerprint density at radius 3 is 1.10 bits per heavy atom. The first-order chi connectivity index (χ1) is 32.7. The summed E-state index contributed by atoms with van der Waals surface area (Å²) in [6.07, 6.45) is 37.9. The normalized spacial score (nSPS) is 18.6. The van der Waals surface area contributed by atoms with Crippen LogP contribution in [0.25, 0.3) is 0 Å². The summed E-state index contributed by atoms with van der Waals surface area (Å²) in [4.78, 5) is 45.5. The summed E-state index contributed by atoms with van der Waals surface area (Å²) in [6.45, 7) is 14.3. The van der Waals surface area contributed by atoms with Crippen molar-refractivity contribution in [3.05, 3.63) is 0 Å². The Balaban J connectivity index is 3.56. The Morgan fingerprint density at radius 1 is 0.433 bits per heavy atom. The topological polar surface area (TPSA) is 91.4 Å². The zero-order valence-corrected chi connectivity index (χ0v) is 46.4. The molecule has 67 heavy (non-hydrogen) atoms. The van der Waals surface area contributed by atoms with E-state index in [9.17, 15) is 14.4 Å². The van der Waals surface area contributed by atoms with Crippen molar-refractivity contribution in [2.45, 2.75) is 303 Å². The van der Waals surface area contributed by atoms with E-state index in [0.717, 1.165) is 166 Å². The number of unbranched alkanes of at least 4 members (excludes halogenated alkanes) is 24. The Kier molecular flexibility index (Phi) is 42.4. The molecule has 0 saturated carbocycles. The van der Waals surface area contributed by atoms with Gasteiger partial charge >= 0.3 is 17.9 Å². The van der Waals surface area contributed by atoms with E-state index in [4.69, 9.17) is 18.9 Å². The number of nitrogens with zero attached hydrogens (tertiary/aromatic N) is 1. The molecule has 1 aliphatic rings. The molecule has 0 spiro atoms. The van der Waals surface area contributed by atoms with Crippen LogP contribution >= 0.6 is 11.8 Å². The molecule has 1 saturated heterocycles. The summed E-state index contributed by atoms with van der Waals surface area (Å²) >= 11 is 1.64. The fourth-order valence-electron chi connectivity index (χ4n) is 9.66. The summed E-state index contributed by atoms with van der Waals surface area (Å²) in [5, 5.41) is 0. The minimum Gasteiger partial charge on any atom is -0.463 e. The van der Waals surface area contributed by atoms with Crippen LogP contribution in [-0.2, 0) is 33.3 Å². The minimum absolute atomic E-state index is 0.0155. The van der Waals surface area contributed by atoms with Gasteiger partial charge in [0.1, 0.15) is 18.1 Å². The van der Waals surface area contributed by atoms with Gasteiger partial charge in [-0.05, 0) is 71.3 Å². The molecule has 8 nitrogen and oxygen atoms in total. The van der Waals surface area contributed by atoms with Gasteiger partial charge < -0.3 is 23.8 Å². The van der Waals surface area contributed by atoms with Gasteiger partial charge in [0, 0.05) is 0 Å². The molecule has 396 valence electrons. The highest BCUT2D eigenvalue weighted by molar-refractivity contribution is 7.99. The van der Waals surface area contributed by atoms with Crippen molar-refractivity contribution >= 4 is 29.7 Å². The molecule has 0 aliphatic carbocycles. The SMILES string of the molecule is CCCCCCCCC(CCCCCC)C(=O)OC[C@H]1OC(SCCCN(C)C)[C@H](OC(=O)C(CCCCCC)CCCCCCCC)[C@@H]1OC(=O)C(CCCCCC)CCCCCCCC. The Morgan fingerprint density at radius 2 is 0.746 bits per heavy atom. The van der Waals surface area contributed by atoms with Crippen LogP contribution in [0.4, 0.5) is 0 Å². The van der Waals surface area contributed by atoms with Gasteiger partial charge in [0.25, 0.3) is 0 Å². The highest BCUT2D eigenvalue weighted by atomic mass is 32.2. The third-order valence-corrected chi connectivity index (χ3v) is 15.4. The van der Waals surface area contributed by atoms with Crippen LogP contribution in [0.5, 0.6) is 0 Å². The summed E-state index contributed by atoms with van der Waals surface area (Å²) in [7, 11) is 4.16. The zero-order chi connectivity index (χ0) is 49.2. The minimum atomic E-state index is -0.852. The van der Waals surface area contributed by atoms with Crippen molar-refractivity contribution in [2.24, 2.45) is 17.8 Å². The number of hydrogen-bond acceptors (Lipinski definition) is 9. The molecule has 0 aromatic heterocycles. The molecule has 9 heteroatoms. The first-order valence-electron chi connectivity index (χ1n) is 29.2. The van der Waals surface area contributed by atoms with Gasteiger partial charge in [0.05, 0.1) is 17.8 Å². The molecule has 0 amide bonds. The van der Waals surface area contributed by atoms with E-state index in [0.29, 0.717) is 0 Å². The number of ether oxygens (including phenoxy) is 4. The van der Waals surface area contributed by atoms with Crippen molar-refractivity contribution in [3.63, 3.8) is 0 Å². The number of carbonyl (C=O) groups is 3. The molecule has 4 unspecified atom stereocenters. The highest BCUT2D eigenvalue weighted by Crippen LogP contribution is 2.37. The van der Waals surface area contributed by atoms with Crippen LogP contribution in [0.1, 0.15) is 279 Å². The lowest BCUT2D eigenvalue weighted by Gasteiger charge is -2.28. The number of carbonyl (C=O) groups excluding carboxylic acids is 3. The van der Waals surface area contributed by atoms with Gasteiger partial charge in [-0.25, -0.2) is 0 Å². The van der Waals surface area contributed by atoms with Gasteiger partial charge in [-0.1, -0.05) is 234 Å². The first-order valence-corrected chi connectivity index (χ1v) is 30.2. The molecule has 1 aliphatic heterocycles. The third kappa shape index (κ3) is 32.3. The number of esters is 3. The van der Waals surface area contributed by atoms with Crippen LogP contribution in [0.2, 0.25) is 0 Å². The summed E-state index contributed by atoms with van der Waals surface area (Å²) < 4.78 is 26.5. The lowest BCUT2D eigenvalue weighted by Crippen LogP contribution is -2.43. The summed E-state index contributed by atoms with van der Waals surface area (Å²) in [5.41, 5.74) is -0.531. The van der Waals surface area contributed by atoms with Crippen molar-refractivity contribution in [2.75, 3.05) is 33.0 Å². The molecular weight excluding hydrogens is 855 g/mol. The van der Waals surface area contributed by atoms with Crippen molar-refractivity contribution in [1.82, 2.24) is 4.90 Å². The molecule has 0 bridgehead atoms. The van der Waals surface area contributed by atoms with Crippen LogP contribution < -0.4 is 0 Å². The van der Waals surface area contributed by atoms with Crippen molar-refractivity contribution < 1.29 is 33.3 Å². The van der Waals surface area contributed by atoms with E-state index in [1.54, 1.807) is 11.8 Å². The number of hydrogen-bond donors (Lipinski definition) is 0. The Hall–Kier alpha value is -1.32. The maximum Gasteiger partial charge on any atom is 0.309 e. The lowest BCUT2D eigenvalue weighted by molar-refractivity contribution is -0.174. The van der Waals surface area contributed by atoms with Crippen LogP contribution in [-0.4, -0.2) is 79.6 Å². The van der Waals surface area contributed by atoms with Gasteiger partial charge in [0.15, 0.2) is 12.2 Å². The van der Waals surface area contributed by atoms with Gasteiger partial charge in [0.2, 0.25) is 0 Å². The second-order valence-electron chi connectivity index (χ2n) is 20.8. The quantitative estimate of drug-likeness (QED) is 0.0336. The van der Waals surface area contributed by atoms with Crippen molar-refractivity contribution in [3.8, 4) is 0 Å². The largest absolute Gasteiger partial charge is 0.463 e. The Labute approximate surface area is 419 Å². The zero-order valence-electron chi connectivity index (χ0n) is 45.5. The molecule has 0 aromatic carbocycles. The van der Waals surface area contributed by atoms with Crippen LogP contribution in [0, 0.1) is 17.8 Å². The predicted octanol–water partition coefficient (Wildman–Crippen LogP) is 16.8. The second kappa shape index (κ2) is 44.6. The molecule has 1 heterocycles. The van der Waals surface area contributed by atoms with Gasteiger partial charge in [-0.15, -0.1) is 11.8 Å². The molecular formula is C58H111NO7S. The first kappa shape index (κ1) is 63.7. The van der Waals surface area contributed by atoms with E-state index in [1.807, 2.05) is 0 Å². The fraction of sp³-hybridized carbons (Fsp3) is 0.948. The second-order valence-corrected chi connectivity index (χ2v) is 22.0. The number of rotatable bonds is 48. The maximum absolute atomic E-state index is 14.6. The van der Waals surface area contributed by atoms with Crippen LogP contribution in [0.15, 0.2) is 0 Å². The highest BCUT2D eigenvalue weighted by Gasteiger charge is 2.51. The molecule has 0 N–H and O–H groups in total. The maximum atomic E-state index is 14.6. The van der Waals surface area contributed by atoms with Gasteiger partial charge in [-0.3, -0.25) is 14.4 Å². The average Bonchev–Trinajstić information content (AvgIpc) is 3.63. The summed E-state index contributed by atoms with van der Waals surface area (Å²) in [5.74, 6) is -0.352. The lowest BCUT2D eigenvalue weighted by atomic mass is 9.94. The Bertz CT molecular complexity index is 1150. The van der Waals surface area contributed by atoms with Gasteiger partial charge in [-0.2, -0.15) is 0 Å². The molecule has 0 aromatic rings. The van der Waals surface area contributed by atoms with E-state index < -0.39 is 23.7 Å². The fourth-order valence-corrected chi connectivity index (χ4v) is 10.8. The molecule has 1 fully saturated rings. The smallest absolute Gasteiger partial charge is 0.309 e. The van der Waals surface area contributed by atoms with E-state index >= 15 is 0 Å². The van der Waals surface area contributed by atoms with E-state index in [1.165, 1.54) is 83.5 Å². The monoisotopic (exact) mass is 966 g/mol. The van der Waals surface area contributed by atoms with E-state index in [-0.39, 0.29) is 42.3 Å². The third-order valence-electron chi connectivity index (χ3n) is 14.1. The van der Waals surface area contributed by atoms with Crippen molar-refractivity contribution in [1.29, 1.82) is 0 Å². The van der Waals surface area contributed by atoms with Crippen LogP contribution in [0.3, 0.4) is 0 Å². The number of thioether (sulfide) groups is 1. The molecule has 1 rings (SSSR count). The molecule has 7 atom stereocenters. The predicted molar refractivity (Wildman–Crippen MR) is 286 cm³/mol.